The van der Waals surface area contributed by atoms with Gasteiger partial charge in [-0.3, -0.25) is 0 Å². The molecular formula is C17H31NOS. The van der Waals surface area contributed by atoms with Crippen LogP contribution in [0, 0.1) is 5.41 Å². The normalized spacial score (nSPS) is 34.5. The Kier molecular flexibility index (Phi) is 4.69. The molecule has 0 amide bonds. The summed E-state index contributed by atoms with van der Waals surface area (Å²) in [6.07, 6.45) is 15.4. The molecule has 3 aliphatic rings. The van der Waals surface area contributed by atoms with Gasteiger partial charge in [0.2, 0.25) is 0 Å². The van der Waals surface area contributed by atoms with Gasteiger partial charge in [-0.2, -0.15) is 11.8 Å². The van der Waals surface area contributed by atoms with Gasteiger partial charge >= 0.3 is 0 Å². The summed E-state index contributed by atoms with van der Waals surface area (Å²) in [6.45, 7) is 4.25. The summed E-state index contributed by atoms with van der Waals surface area (Å²) in [5, 5.41) is 3.97. The van der Waals surface area contributed by atoms with Crippen LogP contribution in [-0.2, 0) is 4.74 Å². The van der Waals surface area contributed by atoms with E-state index in [1.54, 1.807) is 0 Å². The maximum atomic E-state index is 6.02. The molecule has 2 atom stereocenters. The fourth-order valence-corrected chi connectivity index (χ4v) is 5.88. The van der Waals surface area contributed by atoms with E-state index in [1.165, 1.54) is 64.3 Å². The molecular weight excluding hydrogens is 266 g/mol. The Morgan fingerprint density at radius 2 is 1.75 bits per heavy atom. The van der Waals surface area contributed by atoms with Gasteiger partial charge in [0.25, 0.3) is 0 Å². The Balaban J connectivity index is 1.58. The Morgan fingerprint density at radius 3 is 2.35 bits per heavy atom. The molecule has 1 spiro atoms. The molecule has 3 saturated carbocycles. The predicted molar refractivity (Wildman–Crippen MR) is 87.4 cm³/mol. The average Bonchev–Trinajstić information content (AvgIpc) is 3.12. The SMILES string of the molecule is CCOC1CC(NCC2(SC)CCCC2)C12CCCC2. The fourth-order valence-electron chi connectivity index (χ4n) is 4.95. The third kappa shape index (κ3) is 2.55. The first kappa shape index (κ1) is 15.2. The molecule has 3 aliphatic carbocycles. The standard InChI is InChI=1S/C17H31NOS/c1-3-19-15-12-14(17(15)10-6-7-11-17)18-13-16(20-2)8-4-5-9-16/h14-15,18H,3-13H2,1-2H3. The summed E-state index contributed by atoms with van der Waals surface area (Å²) in [7, 11) is 0. The van der Waals surface area contributed by atoms with Crippen LogP contribution in [0.3, 0.4) is 0 Å². The van der Waals surface area contributed by atoms with Gasteiger partial charge in [-0.25, -0.2) is 0 Å². The lowest BCUT2D eigenvalue weighted by atomic mass is 9.60. The number of nitrogens with one attached hydrogen (secondary N) is 1. The molecule has 0 saturated heterocycles. The van der Waals surface area contributed by atoms with E-state index in [0.29, 0.717) is 16.3 Å². The van der Waals surface area contributed by atoms with Crippen molar-refractivity contribution in [2.75, 3.05) is 19.4 Å². The zero-order chi connectivity index (χ0) is 14.1. The van der Waals surface area contributed by atoms with Crippen LogP contribution in [0.1, 0.15) is 64.7 Å². The maximum Gasteiger partial charge on any atom is 0.0661 e. The number of hydrogen-bond donors (Lipinski definition) is 1. The van der Waals surface area contributed by atoms with Crippen LogP contribution in [0.4, 0.5) is 0 Å². The van der Waals surface area contributed by atoms with Crippen LogP contribution >= 0.6 is 11.8 Å². The number of ether oxygens (including phenoxy) is 1. The highest BCUT2D eigenvalue weighted by atomic mass is 32.2. The van der Waals surface area contributed by atoms with Crippen LogP contribution in [0.2, 0.25) is 0 Å². The largest absolute Gasteiger partial charge is 0.378 e. The zero-order valence-electron chi connectivity index (χ0n) is 13.2. The molecule has 0 aromatic carbocycles. The highest BCUT2D eigenvalue weighted by Gasteiger charge is 2.56. The second-order valence-corrected chi connectivity index (χ2v) is 8.42. The molecule has 2 unspecified atom stereocenters. The number of thioether (sulfide) groups is 1. The summed E-state index contributed by atoms with van der Waals surface area (Å²) >= 11 is 2.10. The van der Waals surface area contributed by atoms with Gasteiger partial charge in [-0.05, 0) is 45.3 Å². The molecule has 116 valence electrons. The van der Waals surface area contributed by atoms with Crippen molar-refractivity contribution in [1.29, 1.82) is 0 Å². The molecule has 0 aromatic rings. The third-order valence-corrected chi connectivity index (χ3v) is 7.72. The van der Waals surface area contributed by atoms with Crippen LogP contribution in [-0.4, -0.2) is 36.3 Å². The van der Waals surface area contributed by atoms with E-state index in [-0.39, 0.29) is 0 Å². The van der Waals surface area contributed by atoms with Crippen molar-refractivity contribution in [3.63, 3.8) is 0 Å². The lowest BCUT2D eigenvalue weighted by Crippen LogP contribution is -2.64. The Morgan fingerprint density at radius 1 is 1.10 bits per heavy atom. The van der Waals surface area contributed by atoms with E-state index in [2.05, 4.69) is 30.3 Å². The van der Waals surface area contributed by atoms with Crippen molar-refractivity contribution in [2.45, 2.75) is 81.6 Å². The maximum absolute atomic E-state index is 6.02. The summed E-state index contributed by atoms with van der Waals surface area (Å²) in [5.41, 5.74) is 0.494. The van der Waals surface area contributed by atoms with E-state index in [4.69, 9.17) is 4.74 Å². The highest BCUT2D eigenvalue weighted by molar-refractivity contribution is 8.00. The minimum atomic E-state index is 0.494. The number of hydrogen-bond acceptors (Lipinski definition) is 3. The molecule has 0 aliphatic heterocycles. The van der Waals surface area contributed by atoms with E-state index in [0.717, 1.165) is 12.6 Å². The van der Waals surface area contributed by atoms with E-state index < -0.39 is 0 Å². The summed E-state index contributed by atoms with van der Waals surface area (Å²) in [4.78, 5) is 0. The highest BCUT2D eigenvalue weighted by Crippen LogP contribution is 2.55. The molecule has 0 bridgehead atoms. The molecule has 3 fully saturated rings. The van der Waals surface area contributed by atoms with E-state index in [1.807, 2.05) is 0 Å². The van der Waals surface area contributed by atoms with E-state index >= 15 is 0 Å². The summed E-state index contributed by atoms with van der Waals surface area (Å²) in [5.74, 6) is 0. The van der Waals surface area contributed by atoms with Gasteiger partial charge in [-0.15, -0.1) is 0 Å². The zero-order valence-corrected chi connectivity index (χ0v) is 14.1. The van der Waals surface area contributed by atoms with Crippen molar-refractivity contribution >= 4 is 11.8 Å². The van der Waals surface area contributed by atoms with Crippen molar-refractivity contribution in [3.05, 3.63) is 0 Å². The minimum absolute atomic E-state index is 0.494. The molecule has 3 rings (SSSR count). The quantitative estimate of drug-likeness (QED) is 0.801. The molecule has 20 heavy (non-hydrogen) atoms. The first-order valence-corrected chi connectivity index (χ1v) is 9.87. The van der Waals surface area contributed by atoms with Gasteiger partial charge in [0.15, 0.2) is 0 Å². The summed E-state index contributed by atoms with van der Waals surface area (Å²) in [6, 6.07) is 0.728. The Hall–Kier alpha value is 0.270. The lowest BCUT2D eigenvalue weighted by molar-refractivity contribution is -0.130. The average molecular weight is 298 g/mol. The smallest absolute Gasteiger partial charge is 0.0661 e. The summed E-state index contributed by atoms with van der Waals surface area (Å²) < 4.78 is 6.56. The Bertz CT molecular complexity index is 321. The Labute approximate surface area is 128 Å². The monoisotopic (exact) mass is 297 g/mol. The predicted octanol–water partition coefficient (Wildman–Crippen LogP) is 3.99. The lowest BCUT2D eigenvalue weighted by Gasteiger charge is -2.55. The minimum Gasteiger partial charge on any atom is -0.378 e. The second-order valence-electron chi connectivity index (χ2n) is 7.15. The van der Waals surface area contributed by atoms with Crippen LogP contribution in [0.5, 0.6) is 0 Å². The van der Waals surface area contributed by atoms with Crippen molar-refractivity contribution in [1.82, 2.24) is 5.32 Å². The van der Waals surface area contributed by atoms with Crippen molar-refractivity contribution in [2.24, 2.45) is 5.41 Å². The van der Waals surface area contributed by atoms with Gasteiger partial charge in [0.1, 0.15) is 0 Å². The van der Waals surface area contributed by atoms with Crippen LogP contribution in [0.15, 0.2) is 0 Å². The van der Waals surface area contributed by atoms with Crippen LogP contribution < -0.4 is 5.32 Å². The number of rotatable bonds is 6. The van der Waals surface area contributed by atoms with Crippen LogP contribution in [0.25, 0.3) is 0 Å². The van der Waals surface area contributed by atoms with Gasteiger partial charge in [0, 0.05) is 29.4 Å². The molecule has 0 aromatic heterocycles. The van der Waals surface area contributed by atoms with Gasteiger partial charge in [-0.1, -0.05) is 25.7 Å². The third-order valence-electron chi connectivity index (χ3n) is 6.31. The molecule has 0 radical (unpaired) electrons. The van der Waals surface area contributed by atoms with Crippen molar-refractivity contribution in [3.8, 4) is 0 Å². The molecule has 0 heterocycles. The van der Waals surface area contributed by atoms with Crippen molar-refractivity contribution < 1.29 is 4.74 Å². The first-order chi connectivity index (χ1) is 9.75. The molecule has 3 heteroatoms. The van der Waals surface area contributed by atoms with E-state index in [9.17, 15) is 0 Å². The van der Waals surface area contributed by atoms with Gasteiger partial charge in [0.05, 0.1) is 6.10 Å². The second kappa shape index (κ2) is 6.18. The first-order valence-electron chi connectivity index (χ1n) is 8.65. The van der Waals surface area contributed by atoms with Gasteiger partial charge < -0.3 is 10.1 Å². The molecule has 2 nitrogen and oxygen atoms in total. The topological polar surface area (TPSA) is 21.3 Å². The molecule has 1 N–H and O–H groups in total. The fraction of sp³-hybridized carbons (Fsp3) is 1.00.